The van der Waals surface area contributed by atoms with Crippen molar-refractivity contribution >= 4 is 12.0 Å². The van der Waals surface area contributed by atoms with Gasteiger partial charge in [-0.1, -0.05) is 6.92 Å². The molecule has 0 radical (unpaired) electrons. The average molecular weight is 285 g/mol. The maximum absolute atomic E-state index is 11.9. The molecule has 0 aromatic carbocycles. The summed E-state index contributed by atoms with van der Waals surface area (Å²) in [5.74, 6) is -0.307. The van der Waals surface area contributed by atoms with Gasteiger partial charge in [0.1, 0.15) is 0 Å². The van der Waals surface area contributed by atoms with Crippen LogP contribution in [0, 0.1) is 11.8 Å². The Bertz CT molecular complexity index is 328. The lowest BCUT2D eigenvalue weighted by Crippen LogP contribution is -2.43. The number of rotatable bonds is 6. The van der Waals surface area contributed by atoms with Crippen LogP contribution < -0.4 is 5.32 Å². The number of aliphatic carboxylic acids is 1. The van der Waals surface area contributed by atoms with Gasteiger partial charge in [-0.05, 0) is 44.8 Å². The molecule has 0 saturated carbocycles. The minimum atomic E-state index is -0.827. The number of nitrogens with one attached hydrogen (secondary N) is 1. The van der Waals surface area contributed by atoms with E-state index >= 15 is 0 Å². The molecule has 1 fully saturated rings. The molecular weight excluding hydrogens is 258 g/mol. The first-order valence-electron chi connectivity index (χ1n) is 7.27. The van der Waals surface area contributed by atoms with Crippen molar-refractivity contribution in [3.05, 3.63) is 0 Å². The van der Waals surface area contributed by atoms with Crippen molar-refractivity contribution in [2.45, 2.75) is 26.2 Å². The van der Waals surface area contributed by atoms with Crippen LogP contribution in [0.3, 0.4) is 0 Å². The Balaban J connectivity index is 2.23. The predicted molar refractivity (Wildman–Crippen MR) is 77.7 cm³/mol. The zero-order chi connectivity index (χ0) is 15.1. The molecule has 0 aliphatic carbocycles. The molecule has 1 saturated heterocycles. The number of carboxylic acid groups (broad SMARTS) is 1. The molecule has 0 aromatic rings. The number of nitrogens with zero attached hydrogens (tertiary/aromatic N) is 2. The fraction of sp³-hybridized carbons (Fsp3) is 0.857. The molecule has 6 nitrogen and oxygen atoms in total. The van der Waals surface area contributed by atoms with Crippen LogP contribution in [0.15, 0.2) is 0 Å². The van der Waals surface area contributed by atoms with Gasteiger partial charge in [0.25, 0.3) is 0 Å². The minimum Gasteiger partial charge on any atom is -0.481 e. The van der Waals surface area contributed by atoms with Crippen molar-refractivity contribution in [1.29, 1.82) is 0 Å². The first kappa shape index (κ1) is 16.8. The quantitative estimate of drug-likeness (QED) is 0.766. The van der Waals surface area contributed by atoms with E-state index in [0.717, 1.165) is 32.5 Å². The molecule has 2 N–H and O–H groups in total. The zero-order valence-electron chi connectivity index (χ0n) is 12.8. The Hall–Kier alpha value is -1.30. The number of carbonyl (C=O) groups excluding carboxylic acids is 1. The van der Waals surface area contributed by atoms with E-state index in [1.807, 2.05) is 6.92 Å². The fourth-order valence-corrected chi connectivity index (χ4v) is 2.48. The van der Waals surface area contributed by atoms with Crippen LogP contribution in [0.25, 0.3) is 0 Å². The normalized spacial score (nSPS) is 18.6. The second-order valence-electron chi connectivity index (χ2n) is 6.02. The Morgan fingerprint density at radius 1 is 1.40 bits per heavy atom. The van der Waals surface area contributed by atoms with Crippen LogP contribution >= 0.6 is 0 Å². The molecule has 6 heteroatoms. The van der Waals surface area contributed by atoms with Gasteiger partial charge in [-0.2, -0.15) is 0 Å². The number of hydrogen-bond donors (Lipinski definition) is 2. The van der Waals surface area contributed by atoms with Crippen LogP contribution in [0.5, 0.6) is 0 Å². The molecule has 1 heterocycles. The largest absolute Gasteiger partial charge is 0.481 e. The molecule has 0 bridgehead atoms. The third-order valence-corrected chi connectivity index (χ3v) is 3.84. The van der Waals surface area contributed by atoms with Gasteiger partial charge in [0, 0.05) is 26.6 Å². The molecule has 0 spiro atoms. The summed E-state index contributed by atoms with van der Waals surface area (Å²) in [4.78, 5) is 26.5. The van der Waals surface area contributed by atoms with E-state index in [1.54, 1.807) is 11.9 Å². The van der Waals surface area contributed by atoms with Gasteiger partial charge >= 0.3 is 12.0 Å². The summed E-state index contributed by atoms with van der Waals surface area (Å²) in [7, 11) is 3.92. The number of likely N-dealkylation sites (tertiary alicyclic amines) is 1. The van der Waals surface area contributed by atoms with E-state index in [-0.39, 0.29) is 18.4 Å². The van der Waals surface area contributed by atoms with Crippen molar-refractivity contribution in [2.75, 3.05) is 40.3 Å². The maximum atomic E-state index is 11.9. The molecule has 0 aromatic heterocycles. The van der Waals surface area contributed by atoms with Crippen molar-refractivity contribution in [3.63, 3.8) is 0 Å². The first-order valence-corrected chi connectivity index (χ1v) is 7.27. The Morgan fingerprint density at radius 3 is 2.55 bits per heavy atom. The highest BCUT2D eigenvalue weighted by atomic mass is 16.4. The summed E-state index contributed by atoms with van der Waals surface area (Å²) >= 11 is 0. The van der Waals surface area contributed by atoms with Crippen LogP contribution in [-0.4, -0.2) is 67.2 Å². The van der Waals surface area contributed by atoms with Crippen molar-refractivity contribution in [2.24, 2.45) is 11.8 Å². The average Bonchev–Trinajstić information content (AvgIpc) is 2.37. The molecule has 1 unspecified atom stereocenters. The molecular formula is C14H27N3O3. The summed E-state index contributed by atoms with van der Waals surface area (Å²) in [6, 6.07) is -0.110. The van der Waals surface area contributed by atoms with E-state index in [1.165, 1.54) is 0 Å². The third-order valence-electron chi connectivity index (χ3n) is 3.84. The second kappa shape index (κ2) is 8.09. The highest BCUT2D eigenvalue weighted by Gasteiger charge is 2.20. The lowest BCUT2D eigenvalue weighted by atomic mass is 9.97. The van der Waals surface area contributed by atoms with E-state index in [4.69, 9.17) is 5.11 Å². The summed E-state index contributed by atoms with van der Waals surface area (Å²) in [6.45, 7) is 5.19. The van der Waals surface area contributed by atoms with Gasteiger partial charge in [0.15, 0.2) is 0 Å². The molecule has 2 amide bonds. The predicted octanol–water partition coefficient (Wildman–Crippen LogP) is 1.08. The van der Waals surface area contributed by atoms with Gasteiger partial charge in [-0.25, -0.2) is 4.79 Å². The standard InChI is InChI=1S/C14H27N3O3/c1-11(8-13(18)19)9-15-14(20)17(3)10-12-4-6-16(2)7-5-12/h11-12H,4-10H2,1-3H3,(H,15,20)(H,18,19). The van der Waals surface area contributed by atoms with Gasteiger partial charge in [-0.15, -0.1) is 0 Å². The summed E-state index contributed by atoms with van der Waals surface area (Å²) in [5.41, 5.74) is 0. The van der Waals surface area contributed by atoms with Gasteiger partial charge in [-0.3, -0.25) is 4.79 Å². The summed E-state index contributed by atoms with van der Waals surface area (Å²) in [5, 5.41) is 11.5. The van der Waals surface area contributed by atoms with Gasteiger partial charge in [0.2, 0.25) is 0 Å². The number of hydrogen-bond acceptors (Lipinski definition) is 3. The summed E-state index contributed by atoms with van der Waals surface area (Å²) in [6.07, 6.45) is 2.34. The Labute approximate surface area is 121 Å². The van der Waals surface area contributed by atoms with Crippen LogP contribution in [0.4, 0.5) is 4.79 Å². The Kier molecular flexibility index (Phi) is 6.78. The molecule has 1 rings (SSSR count). The van der Waals surface area contributed by atoms with Gasteiger partial charge in [0.05, 0.1) is 0 Å². The molecule has 1 aliphatic rings. The fourth-order valence-electron chi connectivity index (χ4n) is 2.48. The van der Waals surface area contributed by atoms with Gasteiger partial charge < -0.3 is 20.2 Å². The van der Waals surface area contributed by atoms with Crippen LogP contribution in [-0.2, 0) is 4.79 Å². The monoisotopic (exact) mass is 285 g/mol. The highest BCUT2D eigenvalue weighted by Crippen LogP contribution is 2.16. The molecule has 1 aliphatic heterocycles. The lowest BCUT2D eigenvalue weighted by molar-refractivity contribution is -0.137. The minimum absolute atomic E-state index is 0.0480. The summed E-state index contributed by atoms with van der Waals surface area (Å²) < 4.78 is 0. The number of carbonyl (C=O) groups is 2. The SMILES string of the molecule is CC(CNC(=O)N(C)CC1CCN(C)CC1)CC(=O)O. The number of carboxylic acids is 1. The van der Waals surface area contributed by atoms with E-state index < -0.39 is 5.97 Å². The molecule has 116 valence electrons. The molecule has 20 heavy (non-hydrogen) atoms. The lowest BCUT2D eigenvalue weighted by Gasteiger charge is -2.31. The maximum Gasteiger partial charge on any atom is 0.317 e. The smallest absolute Gasteiger partial charge is 0.317 e. The van der Waals surface area contributed by atoms with Crippen LogP contribution in [0.1, 0.15) is 26.2 Å². The Morgan fingerprint density at radius 2 is 2.00 bits per heavy atom. The first-order chi connectivity index (χ1) is 9.38. The van der Waals surface area contributed by atoms with E-state index in [0.29, 0.717) is 12.5 Å². The van der Waals surface area contributed by atoms with E-state index in [9.17, 15) is 9.59 Å². The number of urea groups is 1. The zero-order valence-corrected chi connectivity index (χ0v) is 12.8. The second-order valence-corrected chi connectivity index (χ2v) is 6.02. The van der Waals surface area contributed by atoms with Crippen molar-refractivity contribution in [1.82, 2.24) is 15.1 Å². The number of piperidine rings is 1. The van der Waals surface area contributed by atoms with Crippen LogP contribution in [0.2, 0.25) is 0 Å². The van der Waals surface area contributed by atoms with Crippen molar-refractivity contribution < 1.29 is 14.7 Å². The van der Waals surface area contributed by atoms with E-state index in [2.05, 4.69) is 17.3 Å². The highest BCUT2D eigenvalue weighted by molar-refractivity contribution is 5.74. The molecule has 1 atom stereocenters. The van der Waals surface area contributed by atoms with Crippen molar-refractivity contribution in [3.8, 4) is 0 Å². The number of amides is 2. The topological polar surface area (TPSA) is 72.9 Å². The third kappa shape index (κ3) is 6.23.